The number of phenolic OH excluding ortho intramolecular Hbond substituents is 1. The highest BCUT2D eigenvalue weighted by Crippen LogP contribution is 2.14. The SMILES string of the molecule is COC(=O)NS(=O)(=O)NCc1ccccc1O. The Morgan fingerprint density at radius 2 is 2.06 bits per heavy atom. The molecule has 0 unspecified atom stereocenters. The van der Waals surface area contributed by atoms with Gasteiger partial charge in [-0.05, 0) is 6.07 Å². The van der Waals surface area contributed by atoms with E-state index in [9.17, 15) is 18.3 Å². The van der Waals surface area contributed by atoms with E-state index < -0.39 is 16.3 Å². The van der Waals surface area contributed by atoms with Gasteiger partial charge in [-0.25, -0.2) is 9.52 Å². The summed E-state index contributed by atoms with van der Waals surface area (Å²) < 4.78 is 30.4. The molecule has 0 aliphatic heterocycles. The normalized spacial score (nSPS) is 10.9. The van der Waals surface area contributed by atoms with Gasteiger partial charge in [0.2, 0.25) is 0 Å². The van der Waals surface area contributed by atoms with Gasteiger partial charge in [-0.15, -0.1) is 0 Å². The predicted molar refractivity (Wildman–Crippen MR) is 59.4 cm³/mol. The van der Waals surface area contributed by atoms with Crippen LogP contribution >= 0.6 is 0 Å². The van der Waals surface area contributed by atoms with E-state index >= 15 is 0 Å². The van der Waals surface area contributed by atoms with Gasteiger partial charge in [-0.1, -0.05) is 18.2 Å². The zero-order chi connectivity index (χ0) is 12.9. The summed E-state index contributed by atoms with van der Waals surface area (Å²) in [6.07, 6.45) is -1.09. The molecule has 0 radical (unpaired) electrons. The molecule has 0 aromatic heterocycles. The fraction of sp³-hybridized carbons (Fsp3) is 0.222. The Labute approximate surface area is 98.6 Å². The predicted octanol–water partition coefficient (Wildman–Crippen LogP) is 0.0826. The Morgan fingerprint density at radius 1 is 1.41 bits per heavy atom. The minimum absolute atomic E-state index is 0.0340. The van der Waals surface area contributed by atoms with Gasteiger partial charge in [0.25, 0.3) is 0 Å². The average molecular weight is 260 g/mol. The third-order valence-corrected chi connectivity index (χ3v) is 2.81. The highest BCUT2D eigenvalue weighted by Gasteiger charge is 2.14. The first-order valence-corrected chi connectivity index (χ1v) is 6.05. The number of ether oxygens (including phenoxy) is 1. The lowest BCUT2D eigenvalue weighted by molar-refractivity contribution is 0.177. The highest BCUT2D eigenvalue weighted by atomic mass is 32.2. The number of nitrogens with one attached hydrogen (secondary N) is 2. The molecule has 7 nitrogen and oxygen atoms in total. The minimum Gasteiger partial charge on any atom is -0.508 e. The number of hydrogen-bond acceptors (Lipinski definition) is 5. The van der Waals surface area contributed by atoms with Crippen LogP contribution in [-0.4, -0.2) is 26.7 Å². The molecule has 0 saturated heterocycles. The van der Waals surface area contributed by atoms with Crippen LogP contribution in [-0.2, 0) is 21.5 Å². The number of hydrogen-bond donors (Lipinski definition) is 3. The Morgan fingerprint density at radius 3 is 2.65 bits per heavy atom. The van der Waals surface area contributed by atoms with Crippen LogP contribution in [0.15, 0.2) is 24.3 Å². The lowest BCUT2D eigenvalue weighted by Gasteiger charge is -2.08. The molecule has 0 spiro atoms. The number of methoxy groups -OCH3 is 1. The van der Waals surface area contributed by atoms with Crippen molar-refractivity contribution in [2.75, 3.05) is 7.11 Å². The van der Waals surface area contributed by atoms with Gasteiger partial charge in [0, 0.05) is 12.1 Å². The number of amides is 1. The van der Waals surface area contributed by atoms with Crippen molar-refractivity contribution < 1.29 is 23.1 Å². The van der Waals surface area contributed by atoms with E-state index in [2.05, 4.69) is 9.46 Å². The van der Waals surface area contributed by atoms with Crippen LogP contribution in [0.4, 0.5) is 4.79 Å². The molecule has 0 aliphatic rings. The van der Waals surface area contributed by atoms with Gasteiger partial charge in [0.15, 0.2) is 0 Å². The minimum atomic E-state index is -3.99. The van der Waals surface area contributed by atoms with Crippen LogP contribution in [0, 0.1) is 0 Å². The van der Waals surface area contributed by atoms with E-state index in [1.165, 1.54) is 6.07 Å². The Kier molecular flexibility index (Phi) is 4.30. The lowest BCUT2D eigenvalue weighted by Crippen LogP contribution is -2.39. The molecule has 0 aliphatic carbocycles. The molecule has 1 amide bonds. The monoisotopic (exact) mass is 260 g/mol. The summed E-state index contributed by atoms with van der Waals surface area (Å²) >= 11 is 0. The van der Waals surface area contributed by atoms with Crippen LogP contribution in [0.3, 0.4) is 0 Å². The van der Waals surface area contributed by atoms with Crippen molar-refractivity contribution in [1.29, 1.82) is 0 Å². The first-order valence-electron chi connectivity index (χ1n) is 4.57. The lowest BCUT2D eigenvalue weighted by atomic mass is 10.2. The van der Waals surface area contributed by atoms with Gasteiger partial charge in [-0.2, -0.15) is 13.1 Å². The maximum absolute atomic E-state index is 11.3. The fourth-order valence-corrected chi connectivity index (χ4v) is 1.74. The smallest absolute Gasteiger partial charge is 0.421 e. The molecule has 8 heteroatoms. The number of phenols is 1. The van der Waals surface area contributed by atoms with Crippen molar-refractivity contribution in [3.8, 4) is 5.75 Å². The zero-order valence-electron chi connectivity index (χ0n) is 9.00. The molecule has 1 aromatic rings. The van der Waals surface area contributed by atoms with E-state index in [0.29, 0.717) is 5.56 Å². The fourth-order valence-electron chi connectivity index (χ4n) is 1.02. The number of aromatic hydroxyl groups is 1. The Hall–Kier alpha value is -1.80. The van der Waals surface area contributed by atoms with E-state index in [0.717, 1.165) is 7.11 Å². The van der Waals surface area contributed by atoms with Crippen LogP contribution < -0.4 is 9.44 Å². The molecule has 1 aromatic carbocycles. The zero-order valence-corrected chi connectivity index (χ0v) is 9.82. The third kappa shape index (κ3) is 4.29. The van der Waals surface area contributed by atoms with Crippen LogP contribution in [0.5, 0.6) is 5.75 Å². The molecular weight excluding hydrogens is 248 g/mol. The van der Waals surface area contributed by atoms with E-state index in [-0.39, 0.29) is 12.3 Å². The molecule has 3 N–H and O–H groups in total. The summed E-state index contributed by atoms with van der Waals surface area (Å²) in [7, 11) is -2.94. The standard InChI is InChI=1S/C9H12N2O5S/c1-16-9(13)11-17(14,15)10-6-7-4-2-3-5-8(7)12/h2-5,10,12H,6H2,1H3,(H,11,13). The second kappa shape index (κ2) is 5.51. The van der Waals surface area contributed by atoms with Gasteiger partial charge in [0.05, 0.1) is 7.11 Å². The summed E-state index contributed by atoms with van der Waals surface area (Å²) in [6.45, 7) is -0.140. The maximum atomic E-state index is 11.3. The summed E-state index contributed by atoms with van der Waals surface area (Å²) in [5, 5.41) is 9.39. The molecule has 0 bridgehead atoms. The van der Waals surface area contributed by atoms with Gasteiger partial charge in [0.1, 0.15) is 5.75 Å². The Bertz CT molecular complexity index is 500. The number of carbonyl (C=O) groups excluding carboxylic acids is 1. The summed E-state index contributed by atoms with van der Waals surface area (Å²) in [5.41, 5.74) is 0.391. The second-order valence-electron chi connectivity index (χ2n) is 3.05. The van der Waals surface area contributed by atoms with Crippen molar-refractivity contribution in [2.24, 2.45) is 0 Å². The second-order valence-corrected chi connectivity index (χ2v) is 4.55. The van der Waals surface area contributed by atoms with Gasteiger partial charge >= 0.3 is 16.3 Å². The summed E-state index contributed by atoms with van der Waals surface area (Å²) in [4.78, 5) is 10.7. The van der Waals surface area contributed by atoms with Crippen molar-refractivity contribution in [2.45, 2.75) is 6.54 Å². The first-order chi connectivity index (χ1) is 7.94. The van der Waals surface area contributed by atoms with E-state index in [4.69, 9.17) is 0 Å². The molecule has 0 saturated carbocycles. The maximum Gasteiger partial charge on any atom is 0.421 e. The van der Waals surface area contributed by atoms with Crippen molar-refractivity contribution >= 4 is 16.3 Å². The molecule has 0 heterocycles. The molecule has 17 heavy (non-hydrogen) atoms. The summed E-state index contributed by atoms with van der Waals surface area (Å²) in [6, 6.07) is 6.24. The van der Waals surface area contributed by atoms with E-state index in [1.807, 2.05) is 0 Å². The third-order valence-electron chi connectivity index (χ3n) is 1.85. The highest BCUT2D eigenvalue weighted by molar-refractivity contribution is 7.88. The summed E-state index contributed by atoms with van der Waals surface area (Å²) in [5.74, 6) is -0.0340. The molecule has 0 fully saturated rings. The average Bonchev–Trinajstić information content (AvgIpc) is 2.27. The first kappa shape index (κ1) is 13.3. The van der Waals surface area contributed by atoms with Crippen molar-refractivity contribution in [1.82, 2.24) is 9.44 Å². The Balaban J connectivity index is 2.62. The number of para-hydroxylation sites is 1. The van der Waals surface area contributed by atoms with Crippen molar-refractivity contribution in [3.63, 3.8) is 0 Å². The van der Waals surface area contributed by atoms with Crippen LogP contribution in [0.25, 0.3) is 0 Å². The topological polar surface area (TPSA) is 105 Å². The van der Waals surface area contributed by atoms with Gasteiger partial charge < -0.3 is 9.84 Å². The van der Waals surface area contributed by atoms with Crippen LogP contribution in [0.1, 0.15) is 5.56 Å². The number of rotatable bonds is 4. The molecule has 94 valence electrons. The number of benzene rings is 1. The molecular formula is C9H12N2O5S. The van der Waals surface area contributed by atoms with Crippen molar-refractivity contribution in [3.05, 3.63) is 29.8 Å². The number of carbonyl (C=O) groups is 1. The molecule has 0 atom stereocenters. The van der Waals surface area contributed by atoms with Gasteiger partial charge in [-0.3, -0.25) is 0 Å². The molecule has 1 rings (SSSR count). The van der Waals surface area contributed by atoms with Crippen LogP contribution in [0.2, 0.25) is 0 Å². The quantitative estimate of drug-likeness (QED) is 0.711. The van der Waals surface area contributed by atoms with E-state index in [1.54, 1.807) is 22.9 Å². The largest absolute Gasteiger partial charge is 0.508 e.